The lowest BCUT2D eigenvalue weighted by Gasteiger charge is -2.00. The fourth-order valence-electron chi connectivity index (χ4n) is 2.22. The Morgan fingerprint density at radius 2 is 1.78 bits per heavy atom. The van der Waals surface area contributed by atoms with E-state index < -0.39 is 0 Å². The highest BCUT2D eigenvalue weighted by Crippen LogP contribution is 2.24. The molecule has 0 fully saturated rings. The quantitative estimate of drug-likeness (QED) is 0.638. The van der Waals surface area contributed by atoms with Crippen molar-refractivity contribution in [2.45, 2.75) is 6.42 Å². The Hall–Kier alpha value is -2.28. The smallest absolute Gasteiger partial charge is 0.0464 e. The van der Waals surface area contributed by atoms with Gasteiger partial charge in [-0.25, -0.2) is 0 Å². The van der Waals surface area contributed by atoms with E-state index in [2.05, 4.69) is 66.2 Å². The summed E-state index contributed by atoms with van der Waals surface area (Å²) in [5.74, 6) is 0. The van der Waals surface area contributed by atoms with E-state index in [1.54, 1.807) is 0 Å². The first kappa shape index (κ1) is 10.8. The van der Waals surface area contributed by atoms with Crippen LogP contribution in [0.5, 0.6) is 0 Å². The van der Waals surface area contributed by atoms with Crippen molar-refractivity contribution in [3.63, 3.8) is 0 Å². The van der Waals surface area contributed by atoms with Crippen molar-refractivity contribution in [3.8, 4) is 11.3 Å². The van der Waals surface area contributed by atoms with Gasteiger partial charge in [0, 0.05) is 16.6 Å². The van der Waals surface area contributed by atoms with Crippen molar-refractivity contribution < 1.29 is 0 Å². The summed E-state index contributed by atoms with van der Waals surface area (Å²) >= 11 is 0. The number of aromatic nitrogens is 1. The first-order chi connectivity index (χ1) is 8.86. The van der Waals surface area contributed by atoms with E-state index in [1.807, 2.05) is 6.08 Å². The van der Waals surface area contributed by atoms with Crippen molar-refractivity contribution in [2.24, 2.45) is 0 Å². The number of para-hydroxylation sites is 1. The number of hydrogen-bond donors (Lipinski definition) is 1. The van der Waals surface area contributed by atoms with Gasteiger partial charge in [-0.1, -0.05) is 48.5 Å². The van der Waals surface area contributed by atoms with Gasteiger partial charge in [-0.3, -0.25) is 0 Å². The average Bonchev–Trinajstić information content (AvgIpc) is 2.84. The van der Waals surface area contributed by atoms with Gasteiger partial charge in [0.25, 0.3) is 0 Å². The van der Waals surface area contributed by atoms with Gasteiger partial charge in [0.2, 0.25) is 0 Å². The van der Waals surface area contributed by atoms with Crippen molar-refractivity contribution in [1.82, 2.24) is 4.98 Å². The van der Waals surface area contributed by atoms with Crippen LogP contribution in [0.2, 0.25) is 0 Å². The van der Waals surface area contributed by atoms with Gasteiger partial charge in [-0.2, -0.15) is 0 Å². The minimum atomic E-state index is 0.924. The standard InChI is InChI=1S/C17H15N/c1-2-5-13-8-10-14(11-9-13)17-12-15-6-3-4-7-16(15)18-17/h2-4,6-12,18H,1,5H2. The fourth-order valence-corrected chi connectivity index (χ4v) is 2.22. The van der Waals surface area contributed by atoms with E-state index in [1.165, 1.54) is 27.7 Å². The SMILES string of the molecule is C=CCc1ccc(-c2cc3ccccc3[nH]2)cc1. The minimum Gasteiger partial charge on any atom is -0.355 e. The lowest BCUT2D eigenvalue weighted by Crippen LogP contribution is -1.81. The maximum absolute atomic E-state index is 3.76. The van der Waals surface area contributed by atoms with Gasteiger partial charge in [-0.05, 0) is 29.7 Å². The van der Waals surface area contributed by atoms with Crippen molar-refractivity contribution in [1.29, 1.82) is 0 Å². The summed E-state index contributed by atoms with van der Waals surface area (Å²) in [5.41, 5.74) is 4.87. The zero-order chi connectivity index (χ0) is 12.4. The second kappa shape index (κ2) is 4.53. The maximum atomic E-state index is 3.76. The summed E-state index contributed by atoms with van der Waals surface area (Å²) in [4.78, 5) is 3.44. The minimum absolute atomic E-state index is 0.924. The van der Waals surface area contributed by atoms with Crippen LogP contribution in [0.3, 0.4) is 0 Å². The molecule has 0 spiro atoms. The normalized spacial score (nSPS) is 10.7. The van der Waals surface area contributed by atoms with E-state index in [4.69, 9.17) is 0 Å². The number of fused-ring (bicyclic) bond motifs is 1. The van der Waals surface area contributed by atoms with E-state index >= 15 is 0 Å². The van der Waals surface area contributed by atoms with Crippen molar-refractivity contribution >= 4 is 10.9 Å². The number of rotatable bonds is 3. The topological polar surface area (TPSA) is 15.8 Å². The van der Waals surface area contributed by atoms with E-state index in [-0.39, 0.29) is 0 Å². The van der Waals surface area contributed by atoms with Crippen LogP contribution in [-0.4, -0.2) is 4.98 Å². The van der Waals surface area contributed by atoms with Crippen LogP contribution in [0, 0.1) is 0 Å². The van der Waals surface area contributed by atoms with Gasteiger partial charge < -0.3 is 4.98 Å². The number of H-pyrrole nitrogens is 1. The molecule has 1 nitrogen and oxygen atoms in total. The Morgan fingerprint density at radius 1 is 1.00 bits per heavy atom. The van der Waals surface area contributed by atoms with Gasteiger partial charge in [0.1, 0.15) is 0 Å². The molecular weight excluding hydrogens is 218 g/mol. The number of hydrogen-bond acceptors (Lipinski definition) is 0. The predicted octanol–water partition coefficient (Wildman–Crippen LogP) is 4.56. The molecule has 1 heteroatoms. The van der Waals surface area contributed by atoms with Crippen LogP contribution in [0.15, 0.2) is 67.3 Å². The van der Waals surface area contributed by atoms with E-state index in [0.29, 0.717) is 0 Å². The van der Waals surface area contributed by atoms with Crippen LogP contribution < -0.4 is 0 Å². The monoisotopic (exact) mass is 233 g/mol. The zero-order valence-corrected chi connectivity index (χ0v) is 10.2. The first-order valence-electron chi connectivity index (χ1n) is 6.15. The maximum Gasteiger partial charge on any atom is 0.0464 e. The summed E-state index contributed by atoms with van der Waals surface area (Å²) in [5, 5.41) is 1.25. The Kier molecular flexibility index (Phi) is 2.73. The lowest BCUT2D eigenvalue weighted by atomic mass is 10.1. The van der Waals surface area contributed by atoms with Gasteiger partial charge in [0.05, 0.1) is 0 Å². The molecule has 18 heavy (non-hydrogen) atoms. The molecule has 0 amide bonds. The molecular formula is C17H15N. The van der Waals surface area contributed by atoms with Crippen LogP contribution in [0.25, 0.3) is 22.2 Å². The number of aromatic amines is 1. The summed E-state index contributed by atoms with van der Waals surface area (Å²) in [6.07, 6.45) is 2.85. The molecule has 2 aromatic carbocycles. The summed E-state index contributed by atoms with van der Waals surface area (Å²) in [6, 6.07) is 19.2. The highest BCUT2D eigenvalue weighted by molar-refractivity contribution is 5.85. The molecule has 1 aromatic heterocycles. The number of nitrogens with one attached hydrogen (secondary N) is 1. The van der Waals surface area contributed by atoms with E-state index in [0.717, 1.165) is 6.42 Å². The van der Waals surface area contributed by atoms with Gasteiger partial charge in [0.15, 0.2) is 0 Å². The molecule has 0 aliphatic carbocycles. The fraction of sp³-hybridized carbons (Fsp3) is 0.0588. The molecule has 3 rings (SSSR count). The van der Waals surface area contributed by atoms with Crippen molar-refractivity contribution in [2.75, 3.05) is 0 Å². The Labute approximate surface area is 107 Å². The third-order valence-corrected chi connectivity index (χ3v) is 3.17. The number of allylic oxidation sites excluding steroid dienone is 1. The average molecular weight is 233 g/mol. The molecule has 0 bridgehead atoms. The molecule has 0 unspecified atom stereocenters. The van der Waals surface area contributed by atoms with Crippen LogP contribution >= 0.6 is 0 Å². The largest absolute Gasteiger partial charge is 0.355 e. The Morgan fingerprint density at radius 3 is 2.50 bits per heavy atom. The molecule has 0 atom stereocenters. The molecule has 0 aliphatic rings. The molecule has 0 radical (unpaired) electrons. The van der Waals surface area contributed by atoms with Gasteiger partial charge >= 0.3 is 0 Å². The molecule has 1 heterocycles. The Balaban J connectivity index is 2.00. The molecule has 0 saturated heterocycles. The summed E-state index contributed by atoms with van der Waals surface area (Å²) in [6.45, 7) is 3.76. The van der Waals surface area contributed by atoms with Crippen LogP contribution in [-0.2, 0) is 6.42 Å². The molecule has 1 N–H and O–H groups in total. The predicted molar refractivity (Wildman–Crippen MR) is 77.6 cm³/mol. The summed E-state index contributed by atoms with van der Waals surface area (Å²) < 4.78 is 0. The third kappa shape index (κ3) is 1.95. The summed E-state index contributed by atoms with van der Waals surface area (Å²) in [7, 11) is 0. The van der Waals surface area contributed by atoms with Crippen LogP contribution in [0.1, 0.15) is 5.56 Å². The zero-order valence-electron chi connectivity index (χ0n) is 10.2. The second-order valence-electron chi connectivity index (χ2n) is 4.46. The van der Waals surface area contributed by atoms with E-state index in [9.17, 15) is 0 Å². The third-order valence-electron chi connectivity index (χ3n) is 3.17. The first-order valence-corrected chi connectivity index (χ1v) is 6.15. The van der Waals surface area contributed by atoms with Crippen LogP contribution in [0.4, 0.5) is 0 Å². The second-order valence-corrected chi connectivity index (χ2v) is 4.46. The molecule has 0 saturated carbocycles. The Bertz CT molecular complexity index is 641. The van der Waals surface area contributed by atoms with Gasteiger partial charge in [-0.15, -0.1) is 6.58 Å². The lowest BCUT2D eigenvalue weighted by molar-refractivity contribution is 1.28. The molecule has 0 aliphatic heterocycles. The highest BCUT2D eigenvalue weighted by atomic mass is 14.7. The number of benzene rings is 2. The molecule has 3 aromatic rings. The van der Waals surface area contributed by atoms with Crippen molar-refractivity contribution in [3.05, 3.63) is 72.8 Å². The molecule has 88 valence electrons. The highest BCUT2D eigenvalue weighted by Gasteiger charge is 2.02.